The van der Waals surface area contributed by atoms with Crippen molar-refractivity contribution in [2.75, 3.05) is 0 Å². The highest BCUT2D eigenvalue weighted by atomic mass is 16.7. The largest absolute Gasteiger partial charge is 0.444 e. The van der Waals surface area contributed by atoms with Gasteiger partial charge in [-0.05, 0) is 41.3 Å². The van der Waals surface area contributed by atoms with E-state index < -0.39 is 6.09 Å². The Morgan fingerprint density at radius 1 is 1.12 bits per heavy atom. The van der Waals surface area contributed by atoms with E-state index in [1.165, 1.54) is 10.6 Å². The van der Waals surface area contributed by atoms with Gasteiger partial charge in [0.15, 0.2) is 5.78 Å². The van der Waals surface area contributed by atoms with Crippen LogP contribution in [0.15, 0.2) is 65.1 Å². The molecule has 0 N–H and O–H groups in total. The Bertz CT molecular complexity index is 881. The van der Waals surface area contributed by atoms with Crippen LogP contribution in [0.1, 0.15) is 20.8 Å². The average molecular weight is 322 g/mol. The molecule has 0 unspecified atom stereocenters. The number of allylic oxidation sites excluding steroid dienone is 4. The molecule has 5 heteroatoms. The van der Waals surface area contributed by atoms with E-state index in [4.69, 9.17) is 4.84 Å². The number of oxime groups is 1. The molecular formula is C19H18N2O3. The number of aromatic nitrogens is 1. The summed E-state index contributed by atoms with van der Waals surface area (Å²) in [4.78, 5) is 29.2. The SMILES string of the molecule is CC1=CC(=O)C(C(C)C)=CC1=NOC(=O)n1cc2ccccc2c1. The van der Waals surface area contributed by atoms with Gasteiger partial charge in [0, 0.05) is 18.0 Å². The van der Waals surface area contributed by atoms with Gasteiger partial charge < -0.3 is 0 Å². The molecule has 24 heavy (non-hydrogen) atoms. The summed E-state index contributed by atoms with van der Waals surface area (Å²) in [5, 5.41) is 5.82. The highest BCUT2D eigenvalue weighted by molar-refractivity contribution is 6.21. The quantitative estimate of drug-likeness (QED) is 0.475. The maximum absolute atomic E-state index is 12.2. The van der Waals surface area contributed by atoms with Gasteiger partial charge in [0.2, 0.25) is 0 Å². The predicted molar refractivity (Wildman–Crippen MR) is 92.9 cm³/mol. The van der Waals surface area contributed by atoms with Gasteiger partial charge in [-0.3, -0.25) is 14.2 Å². The molecule has 2 aromatic rings. The van der Waals surface area contributed by atoms with Crippen LogP contribution in [-0.4, -0.2) is 22.2 Å². The molecule has 0 atom stereocenters. The summed E-state index contributed by atoms with van der Waals surface area (Å²) in [6.07, 6.45) is 6.00. The fraction of sp³-hybridized carbons (Fsp3) is 0.211. The van der Waals surface area contributed by atoms with Crippen molar-refractivity contribution in [1.82, 2.24) is 4.57 Å². The van der Waals surface area contributed by atoms with Crippen molar-refractivity contribution >= 4 is 28.4 Å². The summed E-state index contributed by atoms with van der Waals surface area (Å²) in [5.41, 5.74) is 1.82. The Morgan fingerprint density at radius 3 is 2.33 bits per heavy atom. The van der Waals surface area contributed by atoms with Crippen LogP contribution in [0.5, 0.6) is 0 Å². The van der Waals surface area contributed by atoms with Crippen molar-refractivity contribution in [2.45, 2.75) is 20.8 Å². The van der Waals surface area contributed by atoms with E-state index in [0.717, 1.165) is 10.8 Å². The van der Waals surface area contributed by atoms with Gasteiger partial charge >= 0.3 is 6.09 Å². The second kappa shape index (κ2) is 6.28. The van der Waals surface area contributed by atoms with Gasteiger partial charge in [0.25, 0.3) is 0 Å². The number of hydrogen-bond donors (Lipinski definition) is 0. The smallest absolute Gasteiger partial charge is 0.297 e. The van der Waals surface area contributed by atoms with Crippen LogP contribution in [0.2, 0.25) is 0 Å². The van der Waals surface area contributed by atoms with Gasteiger partial charge in [-0.2, -0.15) is 0 Å². The summed E-state index contributed by atoms with van der Waals surface area (Å²) < 4.78 is 1.36. The van der Waals surface area contributed by atoms with E-state index in [1.54, 1.807) is 25.4 Å². The van der Waals surface area contributed by atoms with Gasteiger partial charge in [-0.15, -0.1) is 0 Å². The van der Waals surface area contributed by atoms with Crippen LogP contribution >= 0.6 is 0 Å². The van der Waals surface area contributed by atoms with E-state index in [-0.39, 0.29) is 11.7 Å². The van der Waals surface area contributed by atoms with Crippen molar-refractivity contribution < 1.29 is 14.4 Å². The van der Waals surface area contributed by atoms with Crippen LogP contribution < -0.4 is 0 Å². The Morgan fingerprint density at radius 2 is 1.75 bits per heavy atom. The molecular weight excluding hydrogens is 304 g/mol. The third-order valence-corrected chi connectivity index (χ3v) is 3.94. The summed E-state index contributed by atoms with van der Waals surface area (Å²) in [5.74, 6) is 0.0573. The molecule has 1 aliphatic rings. The van der Waals surface area contributed by atoms with Crippen LogP contribution in [0, 0.1) is 5.92 Å². The topological polar surface area (TPSA) is 60.7 Å². The summed E-state index contributed by atoms with van der Waals surface area (Å²) >= 11 is 0. The Hall–Kier alpha value is -2.95. The van der Waals surface area contributed by atoms with Crippen LogP contribution in [0.4, 0.5) is 4.79 Å². The first-order chi connectivity index (χ1) is 11.5. The summed E-state index contributed by atoms with van der Waals surface area (Å²) in [6, 6.07) is 7.65. The molecule has 0 spiro atoms. The van der Waals surface area contributed by atoms with Gasteiger partial charge in [-0.25, -0.2) is 4.79 Å². The van der Waals surface area contributed by atoms with Crippen molar-refractivity contribution in [3.63, 3.8) is 0 Å². The van der Waals surface area contributed by atoms with Crippen molar-refractivity contribution in [3.05, 3.63) is 60.0 Å². The van der Waals surface area contributed by atoms with Crippen LogP contribution in [0.3, 0.4) is 0 Å². The second-order valence-corrected chi connectivity index (χ2v) is 6.07. The number of fused-ring (bicyclic) bond motifs is 1. The van der Waals surface area contributed by atoms with E-state index in [1.807, 2.05) is 38.1 Å². The molecule has 1 aromatic heterocycles. The lowest BCUT2D eigenvalue weighted by atomic mass is 9.90. The Kier molecular flexibility index (Phi) is 4.16. The molecule has 0 aliphatic heterocycles. The number of hydrogen-bond acceptors (Lipinski definition) is 4. The van der Waals surface area contributed by atoms with E-state index in [2.05, 4.69) is 5.16 Å². The van der Waals surface area contributed by atoms with E-state index in [9.17, 15) is 9.59 Å². The molecule has 0 amide bonds. The summed E-state index contributed by atoms with van der Waals surface area (Å²) in [6.45, 7) is 5.64. The van der Waals surface area contributed by atoms with Gasteiger partial charge in [0.05, 0.1) is 0 Å². The van der Waals surface area contributed by atoms with Gasteiger partial charge in [0.1, 0.15) is 5.71 Å². The molecule has 0 bridgehead atoms. The fourth-order valence-electron chi connectivity index (χ4n) is 2.56. The van der Waals surface area contributed by atoms with Crippen LogP contribution in [0.25, 0.3) is 10.8 Å². The zero-order chi connectivity index (χ0) is 17.3. The first-order valence-electron chi connectivity index (χ1n) is 7.76. The minimum Gasteiger partial charge on any atom is -0.297 e. The lowest BCUT2D eigenvalue weighted by Crippen LogP contribution is -2.17. The lowest BCUT2D eigenvalue weighted by molar-refractivity contribution is -0.111. The van der Waals surface area contributed by atoms with Crippen molar-refractivity contribution in [1.29, 1.82) is 0 Å². The molecule has 5 nitrogen and oxygen atoms in total. The first kappa shape index (κ1) is 15.9. The number of ketones is 1. The normalized spacial score (nSPS) is 16.5. The maximum atomic E-state index is 12.2. The molecule has 1 heterocycles. The lowest BCUT2D eigenvalue weighted by Gasteiger charge is -2.14. The first-order valence-corrected chi connectivity index (χ1v) is 7.76. The molecule has 0 saturated carbocycles. The third kappa shape index (κ3) is 3.06. The molecule has 3 rings (SSSR count). The maximum Gasteiger partial charge on any atom is 0.444 e. The Labute approximate surface area is 139 Å². The molecule has 1 aromatic carbocycles. The Balaban J connectivity index is 1.82. The number of benzene rings is 1. The molecule has 122 valence electrons. The van der Waals surface area contributed by atoms with Gasteiger partial charge in [-0.1, -0.05) is 43.3 Å². The van der Waals surface area contributed by atoms with Crippen molar-refractivity contribution in [2.24, 2.45) is 11.1 Å². The fourth-order valence-corrected chi connectivity index (χ4v) is 2.56. The minimum atomic E-state index is -0.595. The van der Waals surface area contributed by atoms with Crippen molar-refractivity contribution in [3.8, 4) is 0 Å². The zero-order valence-corrected chi connectivity index (χ0v) is 13.8. The predicted octanol–water partition coefficient (Wildman–Crippen LogP) is 4.09. The molecule has 0 fully saturated rings. The number of rotatable bonds is 2. The van der Waals surface area contributed by atoms with E-state index >= 15 is 0 Å². The monoisotopic (exact) mass is 322 g/mol. The molecule has 0 radical (unpaired) electrons. The number of nitrogens with zero attached hydrogens (tertiary/aromatic N) is 2. The zero-order valence-electron chi connectivity index (χ0n) is 13.8. The number of carbonyl (C=O) groups is 2. The highest BCUT2D eigenvalue weighted by Gasteiger charge is 2.19. The van der Waals surface area contributed by atoms with E-state index in [0.29, 0.717) is 16.9 Å². The minimum absolute atomic E-state index is 0.0237. The summed E-state index contributed by atoms with van der Waals surface area (Å²) in [7, 11) is 0. The van der Waals surface area contributed by atoms with Crippen LogP contribution in [-0.2, 0) is 9.63 Å². The second-order valence-electron chi connectivity index (χ2n) is 6.07. The third-order valence-electron chi connectivity index (χ3n) is 3.94. The number of carbonyl (C=O) groups excluding carboxylic acids is 2. The highest BCUT2D eigenvalue weighted by Crippen LogP contribution is 2.20. The molecule has 0 saturated heterocycles. The standard InChI is InChI=1S/C19H18N2O3/c1-12(2)16-9-17(13(3)8-18(16)22)20-24-19(23)21-10-14-6-4-5-7-15(14)11-21/h4-12H,1-3H3. The average Bonchev–Trinajstić information content (AvgIpc) is 2.97. The molecule has 1 aliphatic carbocycles.